The van der Waals surface area contributed by atoms with E-state index in [-0.39, 0.29) is 0 Å². The number of hydrogen-bond acceptors (Lipinski definition) is 2. The molecule has 1 N–H and O–H groups in total. The molecule has 0 unspecified atom stereocenters. The van der Waals surface area contributed by atoms with Crippen molar-refractivity contribution in [3.63, 3.8) is 0 Å². The summed E-state index contributed by atoms with van der Waals surface area (Å²) in [5.41, 5.74) is 2.37. The Bertz CT molecular complexity index is 796. The Morgan fingerprint density at radius 2 is 1.65 bits per heavy atom. The van der Waals surface area contributed by atoms with E-state index in [2.05, 4.69) is 15.0 Å². The number of halogens is 3. The molecule has 6 heteroatoms. The standard InChI is InChI=1S/C17H16Cl2FN3/c18-12-8-11(9-13(19)10-12)4-2-1-3-5-16-21-14-6-7-15(20)22-17(14)23-16/h6-10H,1-5H2,(H,21,22,23). The number of pyridine rings is 1. The summed E-state index contributed by atoms with van der Waals surface area (Å²) in [6.07, 6.45) is 4.92. The molecule has 1 aromatic carbocycles. The van der Waals surface area contributed by atoms with E-state index in [0.717, 1.165) is 49.0 Å². The number of H-pyrrole nitrogens is 1. The molecular weight excluding hydrogens is 336 g/mol. The minimum absolute atomic E-state index is 0.438. The normalized spacial score (nSPS) is 11.3. The second-order valence-corrected chi connectivity index (χ2v) is 6.40. The number of aromatic nitrogens is 3. The van der Waals surface area contributed by atoms with Gasteiger partial charge in [-0.2, -0.15) is 9.37 Å². The molecule has 0 aliphatic rings. The summed E-state index contributed by atoms with van der Waals surface area (Å²) >= 11 is 12.0. The average Bonchev–Trinajstić information content (AvgIpc) is 2.87. The molecule has 0 spiro atoms. The molecule has 0 aliphatic heterocycles. The van der Waals surface area contributed by atoms with Gasteiger partial charge in [-0.3, -0.25) is 0 Å². The van der Waals surface area contributed by atoms with Gasteiger partial charge >= 0.3 is 0 Å². The van der Waals surface area contributed by atoms with Gasteiger partial charge in [0.1, 0.15) is 5.82 Å². The second kappa shape index (κ2) is 7.28. The van der Waals surface area contributed by atoms with Gasteiger partial charge in [0, 0.05) is 16.5 Å². The Kier molecular flexibility index (Phi) is 5.13. The molecule has 0 atom stereocenters. The van der Waals surface area contributed by atoms with E-state index in [1.165, 1.54) is 6.07 Å². The van der Waals surface area contributed by atoms with Gasteiger partial charge in [0.2, 0.25) is 5.95 Å². The first kappa shape index (κ1) is 16.2. The number of rotatable bonds is 6. The van der Waals surface area contributed by atoms with E-state index in [9.17, 15) is 4.39 Å². The van der Waals surface area contributed by atoms with Gasteiger partial charge in [0.25, 0.3) is 0 Å². The quantitative estimate of drug-likeness (QED) is 0.479. The van der Waals surface area contributed by atoms with Crippen LogP contribution < -0.4 is 0 Å². The summed E-state index contributed by atoms with van der Waals surface area (Å²) in [5.74, 6) is 0.347. The number of nitrogens with one attached hydrogen (secondary N) is 1. The Balaban J connectivity index is 1.47. The number of nitrogens with zero attached hydrogens (tertiary/aromatic N) is 2. The fraction of sp³-hybridized carbons (Fsp3) is 0.294. The number of imidazole rings is 1. The number of hydrogen-bond donors (Lipinski definition) is 1. The van der Waals surface area contributed by atoms with Gasteiger partial charge in [-0.1, -0.05) is 29.6 Å². The SMILES string of the molecule is Fc1ccc2[nH]c(CCCCCc3cc(Cl)cc(Cl)c3)nc2n1. The van der Waals surface area contributed by atoms with Crippen LogP contribution in [0.5, 0.6) is 0 Å². The first-order valence-corrected chi connectivity index (χ1v) is 8.32. The molecule has 0 radical (unpaired) electrons. The van der Waals surface area contributed by atoms with Crippen LogP contribution in [-0.4, -0.2) is 15.0 Å². The van der Waals surface area contributed by atoms with Crippen LogP contribution in [0, 0.1) is 5.95 Å². The molecule has 3 nitrogen and oxygen atoms in total. The van der Waals surface area contributed by atoms with Crippen LogP contribution in [0.2, 0.25) is 10.0 Å². The van der Waals surface area contributed by atoms with Crippen molar-refractivity contribution in [3.05, 3.63) is 57.7 Å². The van der Waals surface area contributed by atoms with Crippen LogP contribution >= 0.6 is 23.2 Å². The van der Waals surface area contributed by atoms with E-state index in [0.29, 0.717) is 15.7 Å². The van der Waals surface area contributed by atoms with Crippen LogP contribution in [0.3, 0.4) is 0 Å². The summed E-state index contributed by atoms with van der Waals surface area (Å²) in [6, 6.07) is 8.64. The van der Waals surface area contributed by atoms with Crippen molar-refractivity contribution in [2.45, 2.75) is 32.1 Å². The van der Waals surface area contributed by atoms with Crippen LogP contribution in [-0.2, 0) is 12.8 Å². The van der Waals surface area contributed by atoms with Crippen LogP contribution in [0.4, 0.5) is 4.39 Å². The van der Waals surface area contributed by atoms with Gasteiger partial charge in [-0.15, -0.1) is 0 Å². The lowest BCUT2D eigenvalue weighted by molar-refractivity contribution is 0.588. The van der Waals surface area contributed by atoms with Gasteiger partial charge in [-0.05, 0) is 55.2 Å². The Labute approximate surface area is 143 Å². The molecule has 23 heavy (non-hydrogen) atoms. The molecule has 0 saturated heterocycles. The molecule has 0 fully saturated rings. The van der Waals surface area contributed by atoms with Crippen molar-refractivity contribution in [1.82, 2.24) is 15.0 Å². The maximum Gasteiger partial charge on any atom is 0.215 e. The zero-order valence-electron chi connectivity index (χ0n) is 12.5. The number of aromatic amines is 1. The third-order valence-electron chi connectivity index (χ3n) is 3.66. The Hall–Kier alpha value is -1.65. The second-order valence-electron chi connectivity index (χ2n) is 5.53. The summed E-state index contributed by atoms with van der Waals surface area (Å²) in [7, 11) is 0. The maximum atomic E-state index is 13.0. The lowest BCUT2D eigenvalue weighted by atomic mass is 10.1. The van der Waals surface area contributed by atoms with Gasteiger partial charge < -0.3 is 4.98 Å². The van der Waals surface area contributed by atoms with E-state index in [1.807, 2.05) is 12.1 Å². The Morgan fingerprint density at radius 1 is 0.913 bits per heavy atom. The lowest BCUT2D eigenvalue weighted by Crippen LogP contribution is -1.91. The summed E-state index contributed by atoms with van der Waals surface area (Å²) < 4.78 is 13.0. The highest BCUT2D eigenvalue weighted by atomic mass is 35.5. The minimum Gasteiger partial charge on any atom is -0.341 e. The molecule has 3 aromatic rings. The highest BCUT2D eigenvalue weighted by molar-refractivity contribution is 6.34. The summed E-state index contributed by atoms with van der Waals surface area (Å²) in [5, 5.41) is 1.35. The zero-order chi connectivity index (χ0) is 16.2. The summed E-state index contributed by atoms with van der Waals surface area (Å²) in [4.78, 5) is 11.2. The molecular formula is C17H16Cl2FN3. The van der Waals surface area contributed by atoms with Crippen LogP contribution in [0.1, 0.15) is 30.7 Å². The van der Waals surface area contributed by atoms with E-state index >= 15 is 0 Å². The van der Waals surface area contributed by atoms with Gasteiger partial charge in [0.05, 0.1) is 5.52 Å². The topological polar surface area (TPSA) is 41.6 Å². The number of benzene rings is 1. The molecule has 0 saturated carbocycles. The van der Waals surface area contributed by atoms with Crippen molar-refractivity contribution in [2.24, 2.45) is 0 Å². The predicted octanol–water partition coefficient (Wildman–Crippen LogP) is 5.36. The smallest absolute Gasteiger partial charge is 0.215 e. The third kappa shape index (κ3) is 4.43. The first-order valence-electron chi connectivity index (χ1n) is 7.56. The summed E-state index contributed by atoms with van der Waals surface area (Å²) in [6.45, 7) is 0. The molecule has 120 valence electrons. The van der Waals surface area contributed by atoms with Crippen LogP contribution in [0.25, 0.3) is 11.2 Å². The van der Waals surface area contributed by atoms with Crippen molar-refractivity contribution >= 4 is 34.4 Å². The monoisotopic (exact) mass is 351 g/mol. The third-order valence-corrected chi connectivity index (χ3v) is 4.10. The van der Waals surface area contributed by atoms with E-state index in [4.69, 9.17) is 23.2 Å². The zero-order valence-corrected chi connectivity index (χ0v) is 14.0. The van der Waals surface area contributed by atoms with Gasteiger partial charge in [-0.25, -0.2) is 4.98 Å². The Morgan fingerprint density at radius 3 is 2.43 bits per heavy atom. The van der Waals surface area contributed by atoms with Crippen molar-refractivity contribution in [3.8, 4) is 0 Å². The van der Waals surface area contributed by atoms with E-state index < -0.39 is 5.95 Å². The molecule has 0 bridgehead atoms. The van der Waals surface area contributed by atoms with E-state index in [1.54, 1.807) is 12.1 Å². The maximum absolute atomic E-state index is 13.0. The molecule has 2 aromatic heterocycles. The lowest BCUT2D eigenvalue weighted by Gasteiger charge is -2.03. The number of aryl methyl sites for hydroxylation is 2. The fourth-order valence-corrected chi connectivity index (χ4v) is 3.16. The number of fused-ring (bicyclic) bond motifs is 1. The first-order chi connectivity index (χ1) is 11.1. The highest BCUT2D eigenvalue weighted by Gasteiger charge is 2.05. The van der Waals surface area contributed by atoms with Crippen molar-refractivity contribution in [1.29, 1.82) is 0 Å². The number of unbranched alkanes of at least 4 members (excludes halogenated alkanes) is 2. The molecule has 0 amide bonds. The molecule has 3 rings (SSSR count). The van der Waals surface area contributed by atoms with Crippen molar-refractivity contribution < 1.29 is 4.39 Å². The molecule has 0 aliphatic carbocycles. The van der Waals surface area contributed by atoms with Gasteiger partial charge in [0.15, 0.2) is 5.65 Å². The van der Waals surface area contributed by atoms with Crippen molar-refractivity contribution in [2.75, 3.05) is 0 Å². The largest absolute Gasteiger partial charge is 0.341 e. The van der Waals surface area contributed by atoms with Crippen LogP contribution in [0.15, 0.2) is 30.3 Å². The minimum atomic E-state index is -0.504. The fourth-order valence-electron chi connectivity index (χ4n) is 2.59. The molecule has 2 heterocycles. The average molecular weight is 352 g/mol. The highest BCUT2D eigenvalue weighted by Crippen LogP contribution is 2.20. The predicted molar refractivity (Wildman–Crippen MR) is 91.6 cm³/mol.